The van der Waals surface area contributed by atoms with E-state index in [1.807, 2.05) is 37.4 Å². The molecule has 206 valence electrons. The van der Waals surface area contributed by atoms with Crippen LogP contribution in [0.2, 0.25) is 10.0 Å². The van der Waals surface area contributed by atoms with Crippen LogP contribution in [0.4, 0.5) is 0 Å². The first kappa shape index (κ1) is 32.8. The van der Waals surface area contributed by atoms with E-state index in [9.17, 15) is 14.7 Å². The van der Waals surface area contributed by atoms with Gasteiger partial charge in [-0.1, -0.05) is 79.7 Å². The number of halogens is 3. The zero-order valence-electron chi connectivity index (χ0n) is 21.4. The number of unbranched alkanes of at least 4 members (excludes halogenated alkanes) is 4. The highest BCUT2D eigenvalue weighted by Crippen LogP contribution is 2.42. The molecule has 0 bridgehead atoms. The zero-order valence-corrected chi connectivity index (χ0v) is 23.7. The predicted octanol–water partition coefficient (Wildman–Crippen LogP) is 5.96. The number of nitrogens with one attached hydrogen (secondary N) is 2. The molecular weight excluding hydrogens is 539 g/mol. The number of phenols is 1. The number of hydrogen-bond acceptors (Lipinski definition) is 6. The first-order valence-electron chi connectivity index (χ1n) is 12.4. The van der Waals surface area contributed by atoms with Crippen molar-refractivity contribution in [3.8, 4) is 11.5 Å². The van der Waals surface area contributed by atoms with Crippen molar-refractivity contribution < 1.29 is 24.2 Å². The number of aromatic hydroxyl groups is 1. The van der Waals surface area contributed by atoms with Gasteiger partial charge in [0.05, 0.1) is 23.8 Å². The van der Waals surface area contributed by atoms with Gasteiger partial charge in [0.25, 0.3) is 5.91 Å². The molecule has 3 N–H and O–H groups in total. The van der Waals surface area contributed by atoms with Crippen LogP contribution in [-0.4, -0.2) is 49.8 Å². The van der Waals surface area contributed by atoms with E-state index < -0.39 is 23.7 Å². The summed E-state index contributed by atoms with van der Waals surface area (Å²) >= 11 is 12.6. The van der Waals surface area contributed by atoms with Crippen molar-refractivity contribution in [3.63, 3.8) is 0 Å². The molecule has 0 spiro atoms. The number of rotatable bonds is 16. The molecule has 0 aliphatic rings. The molecule has 0 aliphatic carbocycles. The molecule has 2 aromatic rings. The highest BCUT2D eigenvalue weighted by atomic mass is 35.5. The van der Waals surface area contributed by atoms with Gasteiger partial charge in [0.2, 0.25) is 0 Å². The summed E-state index contributed by atoms with van der Waals surface area (Å²) in [7, 11) is 1.87. The minimum atomic E-state index is -0.953. The van der Waals surface area contributed by atoms with E-state index in [1.54, 1.807) is 0 Å². The smallest absolute Gasteiger partial charge is 0.328 e. The number of carbonyl (C=O) groups is 2. The van der Waals surface area contributed by atoms with E-state index in [0.717, 1.165) is 50.6 Å². The third-order valence-electron chi connectivity index (χ3n) is 5.58. The van der Waals surface area contributed by atoms with Crippen LogP contribution in [0.3, 0.4) is 0 Å². The van der Waals surface area contributed by atoms with Crippen LogP contribution in [0, 0.1) is 0 Å². The lowest BCUT2D eigenvalue weighted by Gasteiger charge is -2.19. The Balaban J connectivity index is 0.00000684. The molecule has 0 saturated carbocycles. The Morgan fingerprint density at radius 2 is 1.73 bits per heavy atom. The lowest BCUT2D eigenvalue weighted by molar-refractivity contribution is -0.146. The van der Waals surface area contributed by atoms with Crippen LogP contribution in [0.15, 0.2) is 36.4 Å². The number of carbonyl (C=O) groups excluding carboxylic acids is 2. The van der Waals surface area contributed by atoms with Gasteiger partial charge >= 0.3 is 5.97 Å². The SMILES string of the molecule is CCCCCCOC(=O)[C@H](Cc1ccccc1)NC(=O)c1cc(Cl)c(OCCCCNC)c(Cl)c1O.Cl. The quantitative estimate of drug-likeness (QED) is 0.169. The Morgan fingerprint density at radius 1 is 1.03 bits per heavy atom. The van der Waals surface area contributed by atoms with Crippen LogP contribution in [0.5, 0.6) is 11.5 Å². The molecule has 0 heterocycles. The van der Waals surface area contributed by atoms with Crippen molar-refractivity contribution in [1.29, 1.82) is 0 Å². The second-order valence-electron chi connectivity index (χ2n) is 8.50. The second-order valence-corrected chi connectivity index (χ2v) is 9.29. The van der Waals surface area contributed by atoms with E-state index in [2.05, 4.69) is 17.6 Å². The molecule has 10 heteroatoms. The topological polar surface area (TPSA) is 96.9 Å². The zero-order chi connectivity index (χ0) is 26.3. The van der Waals surface area contributed by atoms with Gasteiger partial charge in [0.15, 0.2) is 11.5 Å². The summed E-state index contributed by atoms with van der Waals surface area (Å²) in [4.78, 5) is 25.9. The number of esters is 1. The van der Waals surface area contributed by atoms with Crippen LogP contribution in [0.25, 0.3) is 0 Å². The summed E-state index contributed by atoms with van der Waals surface area (Å²) < 4.78 is 11.1. The van der Waals surface area contributed by atoms with Gasteiger partial charge < -0.3 is 25.2 Å². The minimum absolute atomic E-state index is 0. The van der Waals surface area contributed by atoms with Gasteiger partial charge in [-0.2, -0.15) is 0 Å². The summed E-state index contributed by atoms with van der Waals surface area (Å²) in [6.07, 6.45) is 5.76. The first-order chi connectivity index (χ1) is 17.4. The summed E-state index contributed by atoms with van der Waals surface area (Å²) in [6, 6.07) is 9.64. The number of ether oxygens (including phenoxy) is 2. The maximum atomic E-state index is 13.1. The number of amides is 1. The molecule has 2 aromatic carbocycles. The molecular formula is C27H37Cl3N2O5. The van der Waals surface area contributed by atoms with Gasteiger partial charge in [-0.05, 0) is 44.5 Å². The van der Waals surface area contributed by atoms with E-state index >= 15 is 0 Å². The molecule has 0 aliphatic heterocycles. The Morgan fingerprint density at radius 3 is 2.41 bits per heavy atom. The number of phenolic OH excluding ortho intramolecular Hbond substituents is 1. The average molecular weight is 576 g/mol. The van der Waals surface area contributed by atoms with E-state index in [4.69, 9.17) is 32.7 Å². The van der Waals surface area contributed by atoms with Crippen LogP contribution in [-0.2, 0) is 16.0 Å². The minimum Gasteiger partial charge on any atom is -0.505 e. The second kappa shape index (κ2) is 18.1. The molecule has 2 rings (SSSR count). The molecule has 1 amide bonds. The Kier molecular flexibility index (Phi) is 16.1. The largest absolute Gasteiger partial charge is 0.505 e. The van der Waals surface area contributed by atoms with Gasteiger partial charge in [-0.15, -0.1) is 12.4 Å². The van der Waals surface area contributed by atoms with Crippen molar-refractivity contribution in [3.05, 3.63) is 57.6 Å². The van der Waals surface area contributed by atoms with Crippen LogP contribution >= 0.6 is 35.6 Å². The van der Waals surface area contributed by atoms with Crippen molar-refractivity contribution in [2.24, 2.45) is 0 Å². The molecule has 1 atom stereocenters. The Hall–Kier alpha value is -2.19. The number of hydrogen-bond donors (Lipinski definition) is 3. The van der Waals surface area contributed by atoms with E-state index in [-0.39, 0.29) is 46.8 Å². The lowest BCUT2D eigenvalue weighted by Crippen LogP contribution is -2.43. The molecule has 0 fully saturated rings. The fourth-order valence-electron chi connectivity index (χ4n) is 3.56. The maximum absolute atomic E-state index is 13.1. The summed E-state index contributed by atoms with van der Waals surface area (Å²) in [5.41, 5.74) is 0.703. The molecule has 0 unspecified atom stereocenters. The fraction of sp³-hybridized carbons (Fsp3) is 0.481. The van der Waals surface area contributed by atoms with Crippen LogP contribution < -0.4 is 15.4 Å². The van der Waals surface area contributed by atoms with Crippen molar-refractivity contribution >= 4 is 47.5 Å². The van der Waals surface area contributed by atoms with E-state index in [0.29, 0.717) is 6.61 Å². The molecule has 0 radical (unpaired) electrons. The van der Waals surface area contributed by atoms with Crippen molar-refractivity contribution in [2.45, 2.75) is 57.9 Å². The molecule has 7 nitrogen and oxygen atoms in total. The lowest BCUT2D eigenvalue weighted by atomic mass is 10.0. The van der Waals surface area contributed by atoms with Gasteiger partial charge in [0.1, 0.15) is 11.1 Å². The maximum Gasteiger partial charge on any atom is 0.328 e. The highest BCUT2D eigenvalue weighted by Gasteiger charge is 2.27. The predicted molar refractivity (Wildman–Crippen MR) is 151 cm³/mol. The fourth-order valence-corrected chi connectivity index (χ4v) is 4.12. The standard InChI is InChI=1S/C27H36Cl2N2O5.ClH/c1-3-4-5-10-16-36-27(34)22(17-19-12-7-6-8-13-19)31-26(33)20-18-21(28)25(23(29)24(20)32)35-15-11-9-14-30-2;/h6-8,12-13,18,22,30,32H,3-5,9-11,14-17H2,1-2H3,(H,31,33);1H/t22-;/m0./s1. The van der Waals surface area contributed by atoms with Gasteiger partial charge in [-0.25, -0.2) is 4.79 Å². The summed E-state index contributed by atoms with van der Waals surface area (Å²) in [5, 5.41) is 16.3. The first-order valence-corrected chi connectivity index (χ1v) is 13.1. The van der Waals surface area contributed by atoms with Gasteiger partial charge in [-0.3, -0.25) is 4.79 Å². The third-order valence-corrected chi connectivity index (χ3v) is 6.21. The highest BCUT2D eigenvalue weighted by molar-refractivity contribution is 6.39. The normalized spacial score (nSPS) is 11.4. The number of benzene rings is 2. The van der Waals surface area contributed by atoms with Gasteiger partial charge in [0, 0.05) is 6.42 Å². The summed E-state index contributed by atoms with van der Waals surface area (Å²) in [5.74, 6) is -1.58. The Bertz CT molecular complexity index is 976. The monoisotopic (exact) mass is 574 g/mol. The van der Waals surface area contributed by atoms with Crippen LogP contribution in [0.1, 0.15) is 61.4 Å². The van der Waals surface area contributed by atoms with Crippen molar-refractivity contribution in [2.75, 3.05) is 26.8 Å². The Labute approximate surface area is 235 Å². The third kappa shape index (κ3) is 11.0. The van der Waals surface area contributed by atoms with E-state index in [1.165, 1.54) is 6.07 Å². The summed E-state index contributed by atoms with van der Waals surface area (Å²) in [6.45, 7) is 3.59. The molecule has 0 saturated heterocycles. The molecule has 0 aromatic heterocycles. The average Bonchev–Trinajstić information content (AvgIpc) is 2.87. The van der Waals surface area contributed by atoms with Crippen molar-refractivity contribution in [1.82, 2.24) is 10.6 Å². The molecule has 37 heavy (non-hydrogen) atoms.